The average molecular weight is 415 g/mol. The predicted molar refractivity (Wildman–Crippen MR) is 105 cm³/mol. The Labute approximate surface area is 170 Å². The molecule has 3 aromatic rings. The Kier molecular flexibility index (Phi) is 4.94. The number of hydrogen-bond acceptors (Lipinski definition) is 3. The third kappa shape index (κ3) is 3.66. The van der Waals surface area contributed by atoms with Gasteiger partial charge < -0.3 is 20.3 Å². The first kappa shape index (κ1) is 18.9. The topological polar surface area (TPSA) is 98.3 Å². The van der Waals surface area contributed by atoms with E-state index in [0.29, 0.717) is 29.9 Å². The van der Waals surface area contributed by atoms with E-state index in [9.17, 15) is 14.0 Å². The first-order valence-corrected chi connectivity index (χ1v) is 9.20. The fourth-order valence-electron chi connectivity index (χ4n) is 3.43. The van der Waals surface area contributed by atoms with Crippen LogP contribution < -0.4 is 5.32 Å². The van der Waals surface area contributed by atoms with Crippen LogP contribution in [0, 0.1) is 5.82 Å². The molecular formula is C20H16ClFN4O3. The van der Waals surface area contributed by atoms with E-state index in [4.69, 9.17) is 16.7 Å². The molecule has 1 aromatic heterocycles. The number of carbonyl (C=O) groups excluding carboxylic acids is 1. The summed E-state index contributed by atoms with van der Waals surface area (Å²) in [4.78, 5) is 32.8. The average Bonchev–Trinajstić information content (AvgIpc) is 3.17. The normalized spacial score (nSPS) is 15.7. The van der Waals surface area contributed by atoms with Crippen molar-refractivity contribution < 1.29 is 19.1 Å². The zero-order valence-electron chi connectivity index (χ0n) is 15.0. The van der Waals surface area contributed by atoms with Crippen molar-refractivity contribution in [1.82, 2.24) is 14.9 Å². The van der Waals surface area contributed by atoms with Crippen LogP contribution in [0.15, 0.2) is 48.8 Å². The minimum Gasteiger partial charge on any atom is -0.478 e. The van der Waals surface area contributed by atoms with Gasteiger partial charge in [-0.1, -0.05) is 17.7 Å². The second-order valence-electron chi connectivity index (χ2n) is 6.59. The molecule has 1 aliphatic heterocycles. The molecule has 0 fully saturated rings. The fourth-order valence-corrected chi connectivity index (χ4v) is 3.58. The van der Waals surface area contributed by atoms with E-state index < -0.39 is 23.9 Å². The molecule has 0 aliphatic carbocycles. The second kappa shape index (κ2) is 7.56. The minimum atomic E-state index is -1.05. The number of fused-ring (bicyclic) bond motifs is 1. The summed E-state index contributed by atoms with van der Waals surface area (Å²) in [6.45, 7) is 0.348. The molecule has 29 heavy (non-hydrogen) atoms. The molecule has 148 valence electrons. The highest BCUT2D eigenvalue weighted by molar-refractivity contribution is 6.30. The van der Waals surface area contributed by atoms with Crippen molar-refractivity contribution in [3.8, 4) is 0 Å². The molecule has 0 spiro atoms. The van der Waals surface area contributed by atoms with Gasteiger partial charge in [-0.15, -0.1) is 0 Å². The van der Waals surface area contributed by atoms with Crippen LogP contribution in [0.2, 0.25) is 5.02 Å². The Hall–Kier alpha value is -3.39. The first-order valence-electron chi connectivity index (χ1n) is 8.82. The number of aromatic amines is 1. The van der Waals surface area contributed by atoms with Crippen LogP contribution in [0.1, 0.15) is 33.4 Å². The molecule has 3 N–H and O–H groups in total. The Balaban J connectivity index is 1.65. The van der Waals surface area contributed by atoms with Crippen molar-refractivity contribution in [2.75, 3.05) is 11.9 Å². The summed E-state index contributed by atoms with van der Waals surface area (Å²) in [7, 11) is 0. The van der Waals surface area contributed by atoms with E-state index in [-0.39, 0.29) is 10.6 Å². The number of hydrogen-bond donors (Lipinski definition) is 3. The zero-order chi connectivity index (χ0) is 20.5. The number of rotatable bonds is 3. The number of carbonyl (C=O) groups is 2. The smallest absolute Gasteiger partial charge is 0.335 e. The van der Waals surface area contributed by atoms with Crippen molar-refractivity contribution >= 4 is 29.3 Å². The van der Waals surface area contributed by atoms with Crippen molar-refractivity contribution in [2.45, 2.75) is 12.5 Å². The largest absolute Gasteiger partial charge is 0.478 e. The van der Waals surface area contributed by atoms with Gasteiger partial charge in [-0.2, -0.15) is 0 Å². The molecule has 4 rings (SSSR count). The molecule has 0 bridgehead atoms. The lowest BCUT2D eigenvalue weighted by atomic mass is 9.95. The van der Waals surface area contributed by atoms with Crippen molar-refractivity contribution in [3.63, 3.8) is 0 Å². The van der Waals surface area contributed by atoms with Gasteiger partial charge in [-0.25, -0.2) is 19.0 Å². The molecule has 0 radical (unpaired) electrons. The van der Waals surface area contributed by atoms with Crippen LogP contribution >= 0.6 is 11.6 Å². The molecule has 0 saturated carbocycles. The van der Waals surface area contributed by atoms with Gasteiger partial charge in [0.25, 0.3) is 0 Å². The highest BCUT2D eigenvalue weighted by Crippen LogP contribution is 2.35. The number of anilines is 1. The predicted octanol–water partition coefficient (Wildman–Crippen LogP) is 4.08. The maximum atomic E-state index is 14.7. The number of carboxylic acid groups (broad SMARTS) is 1. The van der Waals surface area contributed by atoms with Crippen molar-refractivity contribution in [2.24, 2.45) is 0 Å². The quantitative estimate of drug-likeness (QED) is 0.601. The summed E-state index contributed by atoms with van der Waals surface area (Å²) in [5.41, 5.74) is 2.26. The van der Waals surface area contributed by atoms with Crippen molar-refractivity contribution in [1.29, 1.82) is 0 Å². The number of aromatic carboxylic acids is 1. The van der Waals surface area contributed by atoms with Gasteiger partial charge in [0.15, 0.2) is 0 Å². The lowest BCUT2D eigenvalue weighted by Gasteiger charge is -2.35. The summed E-state index contributed by atoms with van der Waals surface area (Å²) >= 11 is 5.88. The number of H-pyrrole nitrogens is 1. The van der Waals surface area contributed by atoms with Crippen LogP contribution in [-0.4, -0.2) is 38.5 Å². The number of amides is 2. The molecular weight excluding hydrogens is 399 g/mol. The Morgan fingerprint density at radius 2 is 2.00 bits per heavy atom. The second-order valence-corrected chi connectivity index (χ2v) is 7.03. The molecule has 0 unspecified atom stereocenters. The number of halogens is 2. The lowest BCUT2D eigenvalue weighted by molar-refractivity contribution is 0.0697. The summed E-state index contributed by atoms with van der Waals surface area (Å²) in [5, 5.41) is 12.0. The third-order valence-corrected chi connectivity index (χ3v) is 5.06. The first-order chi connectivity index (χ1) is 13.9. The van der Waals surface area contributed by atoms with Gasteiger partial charge in [0, 0.05) is 34.9 Å². The molecule has 2 heterocycles. The van der Waals surface area contributed by atoms with Crippen LogP contribution in [0.4, 0.5) is 14.9 Å². The maximum Gasteiger partial charge on any atom is 0.335 e. The van der Waals surface area contributed by atoms with E-state index in [0.717, 1.165) is 5.69 Å². The van der Waals surface area contributed by atoms with Crippen LogP contribution in [0.25, 0.3) is 0 Å². The number of benzene rings is 2. The summed E-state index contributed by atoms with van der Waals surface area (Å²) in [6.07, 6.45) is 2.07. The van der Waals surface area contributed by atoms with Gasteiger partial charge in [-0.3, -0.25) is 0 Å². The maximum absolute atomic E-state index is 14.7. The number of aromatic nitrogens is 2. The molecule has 7 nitrogen and oxygen atoms in total. The molecule has 0 saturated heterocycles. The van der Waals surface area contributed by atoms with Crippen LogP contribution in [0.5, 0.6) is 0 Å². The molecule has 1 atom stereocenters. The van der Waals surface area contributed by atoms with Crippen LogP contribution in [-0.2, 0) is 6.42 Å². The van der Waals surface area contributed by atoms with E-state index >= 15 is 0 Å². The van der Waals surface area contributed by atoms with E-state index in [1.54, 1.807) is 12.1 Å². The van der Waals surface area contributed by atoms with Gasteiger partial charge >= 0.3 is 12.0 Å². The van der Waals surface area contributed by atoms with Crippen molar-refractivity contribution in [3.05, 3.63) is 82.1 Å². The Morgan fingerprint density at radius 1 is 1.24 bits per heavy atom. The third-order valence-electron chi connectivity index (χ3n) is 4.83. The molecule has 2 aromatic carbocycles. The Bertz CT molecular complexity index is 1080. The number of nitrogens with zero attached hydrogens (tertiary/aromatic N) is 2. The van der Waals surface area contributed by atoms with Gasteiger partial charge in [0.1, 0.15) is 11.9 Å². The standard InChI is InChI=1S/C20H16ClFN4O3/c21-12-3-6-14(15(22)9-12)18-17-16(23-10-24-17)7-8-26(18)20(29)25-13-4-1-11(2-5-13)19(27)28/h1-6,9-10,18H,7-8H2,(H,23,24)(H,25,29)(H,27,28)/t18-/m0/s1. The van der Waals surface area contributed by atoms with E-state index in [2.05, 4.69) is 15.3 Å². The summed E-state index contributed by atoms with van der Waals surface area (Å²) < 4.78 is 14.7. The van der Waals surface area contributed by atoms with Gasteiger partial charge in [-0.05, 0) is 36.4 Å². The lowest BCUT2D eigenvalue weighted by Crippen LogP contribution is -2.43. The van der Waals surface area contributed by atoms with E-state index in [1.807, 2.05) is 0 Å². The summed E-state index contributed by atoms with van der Waals surface area (Å²) in [5.74, 6) is -1.58. The SMILES string of the molecule is O=C(O)c1ccc(NC(=O)N2CCc3[nH]cnc3[C@@H]2c2ccc(Cl)cc2F)cc1. The van der Waals surface area contributed by atoms with E-state index in [1.165, 1.54) is 41.6 Å². The number of carboxylic acids is 1. The molecule has 2 amide bonds. The highest BCUT2D eigenvalue weighted by atomic mass is 35.5. The monoisotopic (exact) mass is 414 g/mol. The summed E-state index contributed by atoms with van der Waals surface area (Å²) in [6, 6.07) is 8.97. The highest BCUT2D eigenvalue weighted by Gasteiger charge is 2.35. The van der Waals surface area contributed by atoms with Crippen LogP contribution in [0.3, 0.4) is 0 Å². The molecule has 9 heteroatoms. The number of imidazole rings is 1. The molecule has 1 aliphatic rings. The zero-order valence-corrected chi connectivity index (χ0v) is 15.8. The number of nitrogens with one attached hydrogen (secondary N) is 2. The van der Waals surface area contributed by atoms with Gasteiger partial charge in [0.05, 0.1) is 17.6 Å². The minimum absolute atomic E-state index is 0.114. The van der Waals surface area contributed by atoms with Gasteiger partial charge in [0.2, 0.25) is 0 Å². The fraction of sp³-hybridized carbons (Fsp3) is 0.150. The number of urea groups is 1. The Morgan fingerprint density at radius 3 is 2.69 bits per heavy atom.